The molecule has 1 saturated carbocycles. The van der Waals surface area contributed by atoms with Gasteiger partial charge in [0.2, 0.25) is 0 Å². The number of carbonyl (C=O) groups is 2. The third-order valence-electron chi connectivity index (χ3n) is 5.13. The summed E-state index contributed by atoms with van der Waals surface area (Å²) in [5.41, 5.74) is 0. The van der Waals surface area contributed by atoms with E-state index in [0.29, 0.717) is 25.4 Å². The first-order valence-electron chi connectivity index (χ1n) is 8.59. The zero-order chi connectivity index (χ0) is 16.3. The molecular formula is C17H29NO4. The van der Waals surface area contributed by atoms with Crippen molar-refractivity contribution < 1.29 is 19.4 Å². The maximum Gasteiger partial charge on any atom is 0.308 e. The minimum atomic E-state index is -0.808. The zero-order valence-corrected chi connectivity index (χ0v) is 14.0. The number of rotatable bonds is 5. The molecule has 0 aromatic carbocycles. The third-order valence-corrected chi connectivity index (χ3v) is 5.13. The Bertz CT molecular complexity index is 411. The van der Waals surface area contributed by atoms with Gasteiger partial charge in [0.1, 0.15) is 6.10 Å². The molecular weight excluding hydrogens is 282 g/mol. The number of hydrogen-bond donors (Lipinski definition) is 1. The zero-order valence-electron chi connectivity index (χ0n) is 14.0. The lowest BCUT2D eigenvalue weighted by Gasteiger charge is -2.31. The minimum absolute atomic E-state index is 0.00802. The van der Waals surface area contributed by atoms with Crippen LogP contribution in [0.2, 0.25) is 0 Å². The average molecular weight is 311 g/mol. The van der Waals surface area contributed by atoms with E-state index in [1.54, 1.807) is 4.90 Å². The van der Waals surface area contributed by atoms with Crippen molar-refractivity contribution in [2.75, 3.05) is 13.1 Å². The lowest BCUT2D eigenvalue weighted by molar-refractivity contribution is -0.149. The molecule has 1 aliphatic carbocycles. The highest BCUT2D eigenvalue weighted by Crippen LogP contribution is 2.29. The summed E-state index contributed by atoms with van der Waals surface area (Å²) in [7, 11) is 0. The molecule has 5 atom stereocenters. The largest absolute Gasteiger partial charge is 0.481 e. The summed E-state index contributed by atoms with van der Waals surface area (Å²) in [5, 5.41) is 9.20. The topological polar surface area (TPSA) is 66.8 Å². The smallest absolute Gasteiger partial charge is 0.308 e. The van der Waals surface area contributed by atoms with Crippen molar-refractivity contribution in [2.24, 2.45) is 17.8 Å². The molecule has 5 nitrogen and oxygen atoms in total. The minimum Gasteiger partial charge on any atom is -0.481 e. The molecule has 0 aromatic rings. The highest BCUT2D eigenvalue weighted by atomic mass is 16.5. The fourth-order valence-electron chi connectivity index (χ4n) is 3.74. The van der Waals surface area contributed by atoms with E-state index in [1.165, 1.54) is 6.42 Å². The number of nitrogens with zero attached hydrogens (tertiary/aromatic N) is 1. The fraction of sp³-hybridized carbons (Fsp3) is 0.882. The highest BCUT2D eigenvalue weighted by Gasteiger charge is 2.39. The molecule has 126 valence electrons. The third kappa shape index (κ3) is 4.00. The molecule has 2 rings (SSSR count). The van der Waals surface area contributed by atoms with Gasteiger partial charge >= 0.3 is 5.97 Å². The van der Waals surface area contributed by atoms with Crippen LogP contribution >= 0.6 is 0 Å². The molecule has 3 unspecified atom stereocenters. The van der Waals surface area contributed by atoms with E-state index in [9.17, 15) is 14.7 Å². The van der Waals surface area contributed by atoms with Gasteiger partial charge in [-0.05, 0) is 31.1 Å². The first-order chi connectivity index (χ1) is 10.4. The number of carbonyl (C=O) groups excluding carboxylic acids is 1. The van der Waals surface area contributed by atoms with Crippen molar-refractivity contribution in [1.82, 2.24) is 4.90 Å². The summed E-state index contributed by atoms with van der Waals surface area (Å²) in [6, 6.07) is 0. The monoisotopic (exact) mass is 311 g/mol. The van der Waals surface area contributed by atoms with Crippen molar-refractivity contribution in [2.45, 2.75) is 65.1 Å². The van der Waals surface area contributed by atoms with Gasteiger partial charge in [-0.3, -0.25) is 9.59 Å². The van der Waals surface area contributed by atoms with Gasteiger partial charge in [-0.25, -0.2) is 0 Å². The molecule has 0 aromatic heterocycles. The second-order valence-corrected chi connectivity index (χ2v) is 7.09. The Morgan fingerprint density at radius 3 is 2.55 bits per heavy atom. The highest BCUT2D eigenvalue weighted by molar-refractivity contribution is 5.82. The van der Waals surface area contributed by atoms with Crippen molar-refractivity contribution in [3.05, 3.63) is 0 Å². The van der Waals surface area contributed by atoms with Crippen LogP contribution in [0.25, 0.3) is 0 Å². The van der Waals surface area contributed by atoms with Crippen LogP contribution in [0.15, 0.2) is 0 Å². The Kier molecular flexibility index (Phi) is 5.84. The molecule has 22 heavy (non-hydrogen) atoms. The number of amides is 1. The molecule has 1 saturated heterocycles. The SMILES string of the molecule is CCC(OC1CCCC(C)C1)C(=O)N1C[C@@H](C)[C@H](C(=O)O)C1. The second-order valence-electron chi connectivity index (χ2n) is 7.09. The van der Waals surface area contributed by atoms with Gasteiger partial charge in [-0.1, -0.05) is 33.6 Å². The van der Waals surface area contributed by atoms with Crippen LogP contribution < -0.4 is 0 Å². The summed E-state index contributed by atoms with van der Waals surface area (Å²) in [5.74, 6) is -0.617. The van der Waals surface area contributed by atoms with Gasteiger partial charge in [-0.15, -0.1) is 0 Å². The van der Waals surface area contributed by atoms with E-state index in [1.807, 2.05) is 13.8 Å². The predicted molar refractivity (Wildman–Crippen MR) is 83.5 cm³/mol. The Balaban J connectivity index is 1.93. The molecule has 1 aliphatic heterocycles. The van der Waals surface area contributed by atoms with E-state index in [2.05, 4.69) is 6.92 Å². The van der Waals surface area contributed by atoms with E-state index in [0.717, 1.165) is 19.3 Å². The molecule has 2 aliphatic rings. The van der Waals surface area contributed by atoms with E-state index in [4.69, 9.17) is 4.74 Å². The Morgan fingerprint density at radius 1 is 1.27 bits per heavy atom. The normalized spacial score (nSPS) is 33.7. The van der Waals surface area contributed by atoms with Crippen LogP contribution in [0.5, 0.6) is 0 Å². The number of likely N-dealkylation sites (tertiary alicyclic amines) is 1. The standard InChI is InChI=1S/C17H29NO4/c1-4-15(22-13-7-5-6-11(2)8-13)16(19)18-9-12(3)14(10-18)17(20)21/h11-15H,4-10H2,1-3H3,(H,20,21)/t11?,12-,13?,14-,15?/m1/s1. The first-order valence-corrected chi connectivity index (χ1v) is 8.59. The van der Waals surface area contributed by atoms with E-state index < -0.39 is 18.0 Å². The fourth-order valence-corrected chi connectivity index (χ4v) is 3.74. The maximum absolute atomic E-state index is 12.7. The van der Waals surface area contributed by atoms with E-state index >= 15 is 0 Å². The molecule has 0 bridgehead atoms. The predicted octanol–water partition coefficient (Wildman–Crippen LogP) is 2.54. The van der Waals surface area contributed by atoms with Crippen molar-refractivity contribution in [3.8, 4) is 0 Å². The van der Waals surface area contributed by atoms with Crippen molar-refractivity contribution in [3.63, 3.8) is 0 Å². The molecule has 0 spiro atoms. The lowest BCUT2D eigenvalue weighted by Crippen LogP contribution is -2.41. The Labute approximate surface area is 133 Å². The Hall–Kier alpha value is -1.10. The number of carboxylic acid groups (broad SMARTS) is 1. The molecule has 0 radical (unpaired) electrons. The molecule has 1 amide bonds. The van der Waals surface area contributed by atoms with Gasteiger partial charge in [0.25, 0.3) is 5.91 Å². The molecule has 1 heterocycles. The number of hydrogen-bond acceptors (Lipinski definition) is 3. The summed E-state index contributed by atoms with van der Waals surface area (Å²) >= 11 is 0. The van der Waals surface area contributed by atoms with Crippen LogP contribution in [0, 0.1) is 17.8 Å². The summed E-state index contributed by atoms with van der Waals surface area (Å²) in [6.07, 6.45) is 4.86. The molecule has 2 fully saturated rings. The number of carboxylic acids is 1. The summed E-state index contributed by atoms with van der Waals surface area (Å²) in [6.45, 7) is 6.94. The van der Waals surface area contributed by atoms with E-state index in [-0.39, 0.29) is 17.9 Å². The van der Waals surface area contributed by atoms with Gasteiger partial charge < -0.3 is 14.7 Å². The van der Waals surface area contributed by atoms with Crippen LogP contribution in [0.3, 0.4) is 0 Å². The molecule has 5 heteroatoms. The second kappa shape index (κ2) is 7.44. The quantitative estimate of drug-likeness (QED) is 0.847. The Morgan fingerprint density at radius 2 is 2.00 bits per heavy atom. The van der Waals surface area contributed by atoms with Gasteiger partial charge in [0.05, 0.1) is 12.0 Å². The van der Waals surface area contributed by atoms with Crippen molar-refractivity contribution in [1.29, 1.82) is 0 Å². The number of ether oxygens (including phenoxy) is 1. The van der Waals surface area contributed by atoms with Crippen molar-refractivity contribution >= 4 is 11.9 Å². The van der Waals surface area contributed by atoms with Gasteiger partial charge in [0.15, 0.2) is 0 Å². The molecule has 1 N–H and O–H groups in total. The summed E-state index contributed by atoms with van der Waals surface area (Å²) < 4.78 is 6.08. The van der Waals surface area contributed by atoms with Crippen LogP contribution in [-0.4, -0.2) is 47.2 Å². The summed E-state index contributed by atoms with van der Waals surface area (Å²) in [4.78, 5) is 25.5. The van der Waals surface area contributed by atoms with Gasteiger partial charge in [-0.2, -0.15) is 0 Å². The number of aliphatic carboxylic acids is 1. The lowest BCUT2D eigenvalue weighted by atomic mass is 9.88. The first kappa shape index (κ1) is 17.3. The van der Waals surface area contributed by atoms with Crippen LogP contribution in [0.1, 0.15) is 52.9 Å². The van der Waals surface area contributed by atoms with Crippen LogP contribution in [0.4, 0.5) is 0 Å². The average Bonchev–Trinajstić information content (AvgIpc) is 2.86. The maximum atomic E-state index is 12.7. The van der Waals surface area contributed by atoms with Crippen LogP contribution in [-0.2, 0) is 14.3 Å². The van der Waals surface area contributed by atoms with Gasteiger partial charge in [0, 0.05) is 13.1 Å².